The van der Waals surface area contributed by atoms with Crippen LogP contribution in [0.25, 0.3) is 10.9 Å². The zero-order chi connectivity index (χ0) is 24.4. The fourth-order valence-electron chi connectivity index (χ4n) is 4.59. The lowest BCUT2D eigenvalue weighted by Crippen LogP contribution is -2.38. The first kappa shape index (κ1) is 23.0. The van der Waals surface area contributed by atoms with E-state index in [0.717, 1.165) is 28.4 Å². The molecule has 1 atom stereocenters. The molecular weight excluding hydrogens is 460 g/mol. The highest BCUT2D eigenvalue weighted by atomic mass is 32.2. The summed E-state index contributed by atoms with van der Waals surface area (Å²) in [4.78, 5) is 35.6. The minimum Gasteiger partial charge on any atom is -0.466 e. The highest BCUT2D eigenvalue weighted by Gasteiger charge is 2.40. The molecule has 3 aromatic rings. The van der Waals surface area contributed by atoms with Crippen LogP contribution < -0.4 is 5.32 Å². The van der Waals surface area contributed by atoms with Crippen molar-refractivity contribution in [3.8, 4) is 0 Å². The number of para-hydroxylation sites is 1. The monoisotopic (exact) mass is 486 g/mol. The Kier molecular flexibility index (Phi) is 6.46. The van der Waals surface area contributed by atoms with E-state index in [9.17, 15) is 9.59 Å². The molecule has 1 unspecified atom stereocenters. The van der Waals surface area contributed by atoms with Crippen molar-refractivity contribution in [1.29, 1.82) is 0 Å². The molecule has 2 N–H and O–H groups in total. The second-order valence-corrected chi connectivity index (χ2v) is 9.27. The van der Waals surface area contributed by atoms with Gasteiger partial charge in [0.05, 0.1) is 30.8 Å². The van der Waals surface area contributed by atoms with Gasteiger partial charge in [-0.15, -0.1) is 0 Å². The number of aromatic nitrogens is 1. The Labute approximate surface area is 207 Å². The first-order valence-corrected chi connectivity index (χ1v) is 12.3. The van der Waals surface area contributed by atoms with Gasteiger partial charge in [0.25, 0.3) is 0 Å². The number of aliphatic imine (C=N–C) groups is 1. The number of H-pyrrole nitrogens is 1. The zero-order valence-electron chi connectivity index (χ0n) is 19.6. The average Bonchev–Trinajstić information content (AvgIpc) is 3.47. The van der Waals surface area contributed by atoms with Crippen molar-refractivity contribution < 1.29 is 14.3 Å². The Balaban J connectivity index is 1.31. The molecule has 8 heteroatoms. The van der Waals surface area contributed by atoms with Crippen molar-refractivity contribution in [2.45, 2.75) is 25.8 Å². The second kappa shape index (κ2) is 9.84. The van der Waals surface area contributed by atoms with Gasteiger partial charge in [-0.1, -0.05) is 60.3 Å². The highest BCUT2D eigenvalue weighted by molar-refractivity contribution is 8.16. The molecule has 3 heterocycles. The van der Waals surface area contributed by atoms with Gasteiger partial charge in [0.2, 0.25) is 5.91 Å². The number of rotatable bonds is 7. The topological polar surface area (TPSA) is 86.8 Å². The number of ether oxygens (including phenoxy) is 1. The number of fused-ring (bicyclic) bond motifs is 2. The lowest BCUT2D eigenvalue weighted by molar-refractivity contribution is -0.136. The van der Waals surface area contributed by atoms with Crippen LogP contribution in [-0.2, 0) is 20.7 Å². The van der Waals surface area contributed by atoms with Crippen molar-refractivity contribution in [3.05, 3.63) is 94.3 Å². The molecule has 0 saturated carbocycles. The third-order valence-electron chi connectivity index (χ3n) is 6.25. The summed E-state index contributed by atoms with van der Waals surface area (Å²) in [6, 6.07) is 17.5. The van der Waals surface area contributed by atoms with Crippen molar-refractivity contribution in [1.82, 2.24) is 15.2 Å². The number of hydrogen-bond donors (Lipinski definition) is 2. The molecule has 2 aromatic carbocycles. The summed E-state index contributed by atoms with van der Waals surface area (Å²) in [6.45, 7) is 2.36. The van der Waals surface area contributed by atoms with E-state index in [-0.39, 0.29) is 12.3 Å². The van der Waals surface area contributed by atoms with Crippen LogP contribution in [0.3, 0.4) is 0 Å². The van der Waals surface area contributed by atoms with Gasteiger partial charge >= 0.3 is 5.97 Å². The van der Waals surface area contributed by atoms with Crippen molar-refractivity contribution >= 4 is 39.7 Å². The van der Waals surface area contributed by atoms with Gasteiger partial charge in [0.1, 0.15) is 0 Å². The fraction of sp³-hybridized carbons (Fsp3) is 0.222. The number of allylic oxidation sites excluding steroid dienone is 1. The van der Waals surface area contributed by atoms with E-state index < -0.39 is 12.0 Å². The quantitative estimate of drug-likeness (QED) is 0.474. The van der Waals surface area contributed by atoms with E-state index in [4.69, 9.17) is 4.74 Å². The van der Waals surface area contributed by atoms with E-state index in [0.29, 0.717) is 17.8 Å². The molecule has 0 bridgehead atoms. The summed E-state index contributed by atoms with van der Waals surface area (Å²) in [6.07, 6.45) is 2.93. The molecule has 0 aliphatic carbocycles. The van der Waals surface area contributed by atoms with E-state index in [1.165, 1.54) is 29.8 Å². The Hall–Kier alpha value is -3.78. The molecular formula is C27H26N4O3S. The minimum atomic E-state index is -0.418. The van der Waals surface area contributed by atoms with E-state index >= 15 is 0 Å². The molecule has 0 fully saturated rings. The van der Waals surface area contributed by atoms with Crippen LogP contribution in [0.5, 0.6) is 0 Å². The highest BCUT2D eigenvalue weighted by Crippen LogP contribution is 2.44. The first-order valence-electron chi connectivity index (χ1n) is 11.5. The molecule has 178 valence electrons. The Morgan fingerprint density at radius 2 is 1.91 bits per heavy atom. The predicted octanol–water partition coefficient (Wildman–Crippen LogP) is 4.66. The summed E-state index contributed by atoms with van der Waals surface area (Å²) in [5, 5.41) is 6.92. The molecule has 1 aromatic heterocycles. The largest absolute Gasteiger partial charge is 0.466 e. The maximum absolute atomic E-state index is 12.9. The lowest BCUT2D eigenvalue weighted by Gasteiger charge is -2.36. The maximum Gasteiger partial charge on any atom is 0.338 e. The van der Waals surface area contributed by atoms with Crippen LogP contribution in [-0.4, -0.2) is 40.6 Å². The summed E-state index contributed by atoms with van der Waals surface area (Å²) in [7, 11) is 1.38. The summed E-state index contributed by atoms with van der Waals surface area (Å²) < 4.78 is 5.09. The van der Waals surface area contributed by atoms with Crippen LogP contribution in [0.1, 0.15) is 30.5 Å². The molecule has 7 nitrogen and oxygen atoms in total. The van der Waals surface area contributed by atoms with Gasteiger partial charge in [-0.2, -0.15) is 0 Å². The number of amidine groups is 1. The third-order valence-corrected chi connectivity index (χ3v) is 7.14. The number of esters is 1. The first-order chi connectivity index (χ1) is 17.1. The molecule has 0 saturated heterocycles. The number of thioether (sulfide) groups is 1. The Morgan fingerprint density at radius 1 is 1.14 bits per heavy atom. The molecule has 0 spiro atoms. The number of methoxy groups -OCH3 is 1. The number of hydrogen-bond acceptors (Lipinski definition) is 6. The van der Waals surface area contributed by atoms with Crippen LogP contribution in [0.2, 0.25) is 0 Å². The van der Waals surface area contributed by atoms with Gasteiger partial charge < -0.3 is 19.9 Å². The number of carbonyl (C=O) groups is 2. The third kappa shape index (κ3) is 4.49. The summed E-state index contributed by atoms with van der Waals surface area (Å²) in [5.74, 6) is -0.491. The number of amides is 1. The lowest BCUT2D eigenvalue weighted by atomic mass is 9.94. The zero-order valence-corrected chi connectivity index (χ0v) is 20.4. The standard InChI is InChI=1S/C27H26N4O3S/c1-17-24(26(33)34-2)25(18-8-4-3-5-9-18)31-20(16-35-27(31)30-17)14-23(32)28-13-12-19-15-29-22-11-7-6-10-21(19)22/h3-11,15-16,25,29H,12-14H2,1-2H3,(H,28,32). The SMILES string of the molecule is COC(=O)C1=C(C)N=C2SC=C(CC(=O)NCCc3c[nH]c4ccccc34)N2C1c1ccccc1. The number of nitrogens with one attached hydrogen (secondary N) is 2. The van der Waals surface area contributed by atoms with Gasteiger partial charge in [0.15, 0.2) is 5.17 Å². The minimum absolute atomic E-state index is 0.0735. The second-order valence-electron chi connectivity index (χ2n) is 8.43. The summed E-state index contributed by atoms with van der Waals surface area (Å²) in [5.41, 5.74) is 5.12. The molecule has 2 aliphatic heterocycles. The summed E-state index contributed by atoms with van der Waals surface area (Å²) >= 11 is 1.47. The Bertz CT molecular complexity index is 1370. The van der Waals surface area contributed by atoms with E-state index in [1.54, 1.807) is 0 Å². The number of benzene rings is 2. The van der Waals surface area contributed by atoms with E-state index in [1.807, 2.05) is 72.0 Å². The van der Waals surface area contributed by atoms with Crippen LogP contribution in [0.15, 0.2) is 88.2 Å². The predicted molar refractivity (Wildman–Crippen MR) is 138 cm³/mol. The number of carbonyl (C=O) groups excluding carboxylic acids is 2. The molecule has 35 heavy (non-hydrogen) atoms. The van der Waals surface area contributed by atoms with Gasteiger partial charge in [-0.3, -0.25) is 4.79 Å². The van der Waals surface area contributed by atoms with Gasteiger partial charge in [0, 0.05) is 29.3 Å². The van der Waals surface area contributed by atoms with Crippen molar-refractivity contribution in [2.24, 2.45) is 4.99 Å². The molecule has 0 radical (unpaired) electrons. The number of aromatic amines is 1. The normalized spacial score (nSPS) is 17.2. The van der Waals surface area contributed by atoms with Crippen molar-refractivity contribution in [3.63, 3.8) is 0 Å². The van der Waals surface area contributed by atoms with Crippen molar-refractivity contribution in [2.75, 3.05) is 13.7 Å². The van der Waals surface area contributed by atoms with Crippen LogP contribution in [0.4, 0.5) is 0 Å². The van der Waals surface area contributed by atoms with Crippen LogP contribution >= 0.6 is 11.8 Å². The molecule has 5 rings (SSSR count). The van der Waals surface area contributed by atoms with Gasteiger partial charge in [-0.05, 0) is 35.9 Å². The molecule has 2 aliphatic rings. The molecule has 1 amide bonds. The number of nitrogens with zero attached hydrogens (tertiary/aromatic N) is 2. The fourth-order valence-corrected chi connectivity index (χ4v) is 5.56. The van der Waals surface area contributed by atoms with E-state index in [2.05, 4.69) is 21.4 Å². The van der Waals surface area contributed by atoms with Gasteiger partial charge in [-0.25, -0.2) is 9.79 Å². The Morgan fingerprint density at radius 3 is 2.71 bits per heavy atom. The van der Waals surface area contributed by atoms with Crippen LogP contribution in [0, 0.1) is 0 Å². The average molecular weight is 487 g/mol. The maximum atomic E-state index is 12.9. The smallest absolute Gasteiger partial charge is 0.338 e.